The average molecular weight is 475 g/mol. The normalized spacial score (nSPS) is 53.9. The Morgan fingerprint density at radius 1 is 1.12 bits per heavy atom. The number of carbonyl (C=O) groups excluding carboxylic acids is 3. The predicted molar refractivity (Wildman–Crippen MR) is 122 cm³/mol. The standard InChI is InChI=1S/C27H38O7/c1-8-15(4)19(28)26-17(14(2)3)11-22(5,20(29)34-26)27(26,32)25-12-18-16(9-10-23(18,6)31)24(7,13-25)33-21(25)30/h15-18,31-32H,2,8-13H2,1,3-7H3/t15-,16+,17-,18-,22-,23+,24-,25+,26+,27+/m0/s1. The lowest BCUT2D eigenvalue weighted by atomic mass is 9.48. The van der Waals surface area contributed by atoms with Crippen molar-refractivity contribution in [2.45, 2.75) is 102 Å². The van der Waals surface area contributed by atoms with Crippen molar-refractivity contribution < 1.29 is 34.1 Å². The van der Waals surface area contributed by atoms with E-state index in [4.69, 9.17) is 9.47 Å². The molecule has 0 radical (unpaired) electrons. The molecule has 4 bridgehead atoms. The highest BCUT2D eigenvalue weighted by Gasteiger charge is 2.92. The van der Waals surface area contributed by atoms with Gasteiger partial charge in [0.2, 0.25) is 5.60 Å². The van der Waals surface area contributed by atoms with Crippen LogP contribution >= 0.6 is 0 Å². The maximum absolute atomic E-state index is 14.2. The molecule has 0 unspecified atom stereocenters. The Hall–Kier alpha value is -1.73. The monoisotopic (exact) mass is 474 g/mol. The number of Topliss-reactive ketones (excluding diaryl/α,β-unsaturated/α-hetero) is 1. The number of esters is 2. The van der Waals surface area contributed by atoms with Crippen LogP contribution in [0.15, 0.2) is 12.2 Å². The van der Waals surface area contributed by atoms with Gasteiger partial charge in [-0.1, -0.05) is 26.0 Å². The quantitative estimate of drug-likeness (QED) is 0.465. The number of hydrogen-bond acceptors (Lipinski definition) is 7. The van der Waals surface area contributed by atoms with Crippen LogP contribution in [0.25, 0.3) is 0 Å². The van der Waals surface area contributed by atoms with Crippen molar-refractivity contribution in [1.82, 2.24) is 0 Å². The summed E-state index contributed by atoms with van der Waals surface area (Å²) in [6.07, 6.45) is 2.31. The summed E-state index contributed by atoms with van der Waals surface area (Å²) in [5.74, 6) is -3.07. The summed E-state index contributed by atoms with van der Waals surface area (Å²) in [4.78, 5) is 41.5. The van der Waals surface area contributed by atoms with Crippen molar-refractivity contribution in [2.24, 2.45) is 34.5 Å². The second-order valence-electron chi connectivity index (χ2n) is 12.7. The van der Waals surface area contributed by atoms with E-state index in [0.717, 1.165) is 0 Å². The van der Waals surface area contributed by atoms with Crippen molar-refractivity contribution in [1.29, 1.82) is 0 Å². The Morgan fingerprint density at radius 2 is 1.76 bits per heavy atom. The van der Waals surface area contributed by atoms with Gasteiger partial charge in [-0.2, -0.15) is 0 Å². The number of ketones is 1. The van der Waals surface area contributed by atoms with Crippen LogP contribution in [0.4, 0.5) is 0 Å². The molecule has 2 aliphatic heterocycles. The van der Waals surface area contributed by atoms with Gasteiger partial charge in [0.25, 0.3) is 0 Å². The van der Waals surface area contributed by atoms with Gasteiger partial charge in [-0.25, -0.2) is 0 Å². The molecule has 188 valence electrons. The molecule has 34 heavy (non-hydrogen) atoms. The van der Waals surface area contributed by atoms with Crippen LogP contribution in [0.5, 0.6) is 0 Å². The Bertz CT molecular complexity index is 1020. The second kappa shape index (κ2) is 6.52. The average Bonchev–Trinajstić information content (AvgIpc) is 3.32. The largest absolute Gasteiger partial charge is 0.459 e. The second-order valence-corrected chi connectivity index (χ2v) is 12.7. The molecule has 10 atom stereocenters. The van der Waals surface area contributed by atoms with Crippen LogP contribution < -0.4 is 0 Å². The van der Waals surface area contributed by atoms with Crippen LogP contribution in [-0.2, 0) is 23.9 Å². The molecular weight excluding hydrogens is 436 g/mol. The molecular formula is C27H38O7. The number of ether oxygens (including phenoxy) is 2. The van der Waals surface area contributed by atoms with Crippen molar-refractivity contribution in [3.8, 4) is 0 Å². The van der Waals surface area contributed by atoms with E-state index < -0.39 is 57.0 Å². The molecule has 3 aliphatic carbocycles. The zero-order chi connectivity index (χ0) is 25.3. The van der Waals surface area contributed by atoms with Crippen LogP contribution in [0.3, 0.4) is 0 Å². The lowest BCUT2D eigenvalue weighted by Gasteiger charge is -2.54. The minimum atomic E-state index is -2.12. The van der Waals surface area contributed by atoms with Crippen molar-refractivity contribution in [3.63, 3.8) is 0 Å². The SMILES string of the molecule is C=C(C)[C@@H]1C[C@@]2(C)C(=O)O[C@]1(C(=O)[C@@H](C)CC)[C@]2(O)[C@]12C[C@H]3[C@@H](CC[C@@]3(C)O)[C@](C)(C1)OC2=O. The maximum Gasteiger partial charge on any atom is 0.316 e. The molecule has 7 nitrogen and oxygen atoms in total. The summed E-state index contributed by atoms with van der Waals surface area (Å²) < 4.78 is 12.1. The van der Waals surface area contributed by atoms with Crippen LogP contribution in [0, 0.1) is 34.5 Å². The molecule has 2 heterocycles. The molecule has 3 saturated carbocycles. The predicted octanol–water partition coefficient (Wildman–Crippen LogP) is 3.10. The minimum Gasteiger partial charge on any atom is -0.459 e. The topological polar surface area (TPSA) is 110 Å². The lowest BCUT2D eigenvalue weighted by molar-refractivity contribution is -0.215. The summed E-state index contributed by atoms with van der Waals surface area (Å²) in [6, 6.07) is 0. The molecule has 0 aromatic carbocycles. The van der Waals surface area contributed by atoms with E-state index in [1.807, 2.05) is 13.8 Å². The van der Waals surface area contributed by atoms with Crippen molar-refractivity contribution in [3.05, 3.63) is 12.2 Å². The molecule has 7 heteroatoms. The van der Waals surface area contributed by atoms with Crippen LogP contribution in [-0.4, -0.2) is 50.3 Å². The Kier molecular flexibility index (Phi) is 4.60. The fraction of sp³-hybridized carbons (Fsp3) is 0.815. The Labute approximate surface area is 201 Å². The first-order valence-electron chi connectivity index (χ1n) is 12.7. The summed E-state index contributed by atoms with van der Waals surface area (Å²) >= 11 is 0. The van der Waals surface area contributed by atoms with E-state index in [1.165, 1.54) is 0 Å². The van der Waals surface area contributed by atoms with Gasteiger partial charge in [-0.3, -0.25) is 14.4 Å². The third kappa shape index (κ3) is 2.25. The summed E-state index contributed by atoms with van der Waals surface area (Å²) in [6.45, 7) is 14.8. The zero-order valence-corrected chi connectivity index (χ0v) is 21.2. The molecule has 5 aliphatic rings. The molecule has 5 rings (SSSR count). The highest BCUT2D eigenvalue weighted by Crippen LogP contribution is 2.76. The fourth-order valence-electron chi connectivity index (χ4n) is 8.89. The number of rotatable bonds is 5. The molecule has 0 aromatic rings. The molecule has 5 fully saturated rings. The molecule has 0 aromatic heterocycles. The van der Waals surface area contributed by atoms with Gasteiger partial charge in [0.1, 0.15) is 22.0 Å². The minimum absolute atomic E-state index is 0.0488. The van der Waals surface area contributed by atoms with Crippen LogP contribution in [0.2, 0.25) is 0 Å². The number of fused-ring (bicyclic) bond motifs is 7. The Balaban J connectivity index is 1.79. The summed E-state index contributed by atoms with van der Waals surface area (Å²) in [5, 5.41) is 24.3. The first-order valence-corrected chi connectivity index (χ1v) is 12.7. The first kappa shape index (κ1) is 24.0. The molecule has 2 N–H and O–H groups in total. The highest BCUT2D eigenvalue weighted by atomic mass is 16.6. The summed E-state index contributed by atoms with van der Waals surface area (Å²) in [7, 11) is 0. The number of carbonyl (C=O) groups is 3. The van der Waals surface area contributed by atoms with E-state index in [9.17, 15) is 24.6 Å². The third-order valence-corrected chi connectivity index (χ3v) is 10.8. The summed E-state index contributed by atoms with van der Waals surface area (Å²) in [5.41, 5.74) is -8.36. The highest BCUT2D eigenvalue weighted by molar-refractivity contribution is 6.02. The van der Waals surface area contributed by atoms with E-state index in [1.54, 1.807) is 27.7 Å². The van der Waals surface area contributed by atoms with Gasteiger partial charge in [-0.05, 0) is 65.7 Å². The van der Waals surface area contributed by atoms with Gasteiger partial charge in [0.15, 0.2) is 5.78 Å². The maximum atomic E-state index is 14.2. The van der Waals surface area contributed by atoms with Gasteiger partial charge in [0.05, 0.1) is 5.60 Å². The number of aliphatic hydroxyl groups is 2. The molecule has 0 amide bonds. The van der Waals surface area contributed by atoms with Crippen molar-refractivity contribution in [2.75, 3.05) is 0 Å². The van der Waals surface area contributed by atoms with Gasteiger partial charge >= 0.3 is 11.9 Å². The molecule has 0 spiro atoms. The van der Waals surface area contributed by atoms with E-state index >= 15 is 0 Å². The zero-order valence-electron chi connectivity index (χ0n) is 21.2. The van der Waals surface area contributed by atoms with Gasteiger partial charge < -0.3 is 19.7 Å². The molecule has 2 saturated heterocycles. The smallest absolute Gasteiger partial charge is 0.316 e. The first-order chi connectivity index (χ1) is 15.6. The number of hydrogen-bond donors (Lipinski definition) is 2. The lowest BCUT2D eigenvalue weighted by Crippen LogP contribution is -2.71. The van der Waals surface area contributed by atoms with Gasteiger partial charge in [-0.15, -0.1) is 0 Å². The Morgan fingerprint density at radius 3 is 2.35 bits per heavy atom. The van der Waals surface area contributed by atoms with Crippen molar-refractivity contribution >= 4 is 17.7 Å². The fourth-order valence-corrected chi connectivity index (χ4v) is 8.89. The van der Waals surface area contributed by atoms with E-state index in [2.05, 4.69) is 6.58 Å². The van der Waals surface area contributed by atoms with Gasteiger partial charge in [0, 0.05) is 24.2 Å². The van der Waals surface area contributed by atoms with Crippen LogP contribution in [0.1, 0.15) is 80.1 Å². The van der Waals surface area contributed by atoms with E-state index in [0.29, 0.717) is 24.8 Å². The van der Waals surface area contributed by atoms with E-state index in [-0.39, 0.29) is 36.9 Å². The third-order valence-electron chi connectivity index (χ3n) is 10.8.